The molecule has 3 aliphatic heterocycles. The van der Waals surface area contributed by atoms with Crippen molar-refractivity contribution >= 4 is 0 Å². The summed E-state index contributed by atoms with van der Waals surface area (Å²) in [6.45, 7) is 23.1. The van der Waals surface area contributed by atoms with Crippen molar-refractivity contribution < 1.29 is 0 Å². The van der Waals surface area contributed by atoms with E-state index in [2.05, 4.69) is 44.4 Å². The summed E-state index contributed by atoms with van der Waals surface area (Å²) in [7, 11) is 0. The highest BCUT2D eigenvalue weighted by Gasteiger charge is 2.28. The first-order valence-corrected chi connectivity index (χ1v) is 12.1. The summed E-state index contributed by atoms with van der Waals surface area (Å²) >= 11 is 0. The summed E-state index contributed by atoms with van der Waals surface area (Å²) in [4.78, 5) is 13.3. The van der Waals surface area contributed by atoms with Crippen LogP contribution >= 0.6 is 0 Å². The Kier molecular flexibility index (Phi) is 8.85. The van der Waals surface area contributed by atoms with Gasteiger partial charge in [-0.15, -0.1) is 0 Å². The van der Waals surface area contributed by atoms with Gasteiger partial charge in [0.1, 0.15) is 5.82 Å². The van der Waals surface area contributed by atoms with E-state index in [1.807, 2.05) is 0 Å². The third-order valence-electron chi connectivity index (χ3n) is 6.87. The van der Waals surface area contributed by atoms with E-state index < -0.39 is 0 Å². The minimum absolute atomic E-state index is 0.269. The van der Waals surface area contributed by atoms with Crippen molar-refractivity contribution in [3.05, 3.63) is 22.9 Å². The van der Waals surface area contributed by atoms with Gasteiger partial charge in [-0.25, -0.2) is 10.1 Å². The Morgan fingerprint density at radius 3 is 2.00 bits per heavy atom. The van der Waals surface area contributed by atoms with Gasteiger partial charge >= 0.3 is 5.70 Å². The zero-order chi connectivity index (χ0) is 21.3. The molecule has 0 amide bonds. The maximum Gasteiger partial charge on any atom is 0.300 e. The molecule has 0 aromatic rings. The number of likely N-dealkylation sites (tertiary alicyclic amines) is 2. The monoisotopic (exact) mass is 412 g/mol. The summed E-state index contributed by atoms with van der Waals surface area (Å²) in [5.74, 6) is 2.48. The number of nitrogens with zero attached hydrogens (tertiary/aromatic N) is 6. The van der Waals surface area contributed by atoms with E-state index in [4.69, 9.17) is 6.57 Å². The molecule has 0 aromatic heterocycles. The van der Waals surface area contributed by atoms with E-state index in [1.165, 1.54) is 51.9 Å². The maximum atomic E-state index is 9.55. The molecule has 3 aliphatic rings. The van der Waals surface area contributed by atoms with Gasteiger partial charge in [-0.2, -0.15) is 0 Å². The average molecular weight is 413 g/mol. The molecule has 2 unspecified atom stereocenters. The molecule has 3 saturated heterocycles. The van der Waals surface area contributed by atoms with Gasteiger partial charge in [0.15, 0.2) is 0 Å². The molecule has 0 bridgehead atoms. The first kappa shape index (κ1) is 22.9. The molecular weight excluding hydrogens is 372 g/mol. The second-order valence-electron chi connectivity index (χ2n) is 9.68. The molecular formula is C24H40N6. The maximum absolute atomic E-state index is 9.55. The predicted molar refractivity (Wildman–Crippen MR) is 121 cm³/mol. The second kappa shape index (κ2) is 11.6. The lowest BCUT2D eigenvalue weighted by atomic mass is 9.92. The minimum atomic E-state index is 0.269. The Hall–Kier alpha value is -1.76. The number of rotatable bonds is 8. The Morgan fingerprint density at radius 1 is 0.900 bits per heavy atom. The predicted octanol–water partition coefficient (Wildman–Crippen LogP) is 3.46. The lowest BCUT2D eigenvalue weighted by Crippen LogP contribution is -2.40. The van der Waals surface area contributed by atoms with E-state index in [9.17, 15) is 5.26 Å². The van der Waals surface area contributed by atoms with E-state index in [-0.39, 0.29) is 5.70 Å². The molecule has 166 valence electrons. The topological polar surface area (TPSA) is 41.1 Å². The van der Waals surface area contributed by atoms with Crippen molar-refractivity contribution in [3.63, 3.8) is 0 Å². The molecule has 6 heteroatoms. The summed E-state index contributed by atoms with van der Waals surface area (Å²) in [6, 6.07) is 2.17. The zero-order valence-electron chi connectivity index (χ0n) is 19.2. The highest BCUT2D eigenvalue weighted by atomic mass is 15.4. The summed E-state index contributed by atoms with van der Waals surface area (Å²) in [6.07, 6.45) is 7.58. The number of hydrogen-bond acceptors (Lipinski definition) is 5. The van der Waals surface area contributed by atoms with Crippen molar-refractivity contribution in [2.45, 2.75) is 52.4 Å². The lowest BCUT2D eigenvalue weighted by molar-refractivity contribution is 0.136. The van der Waals surface area contributed by atoms with Crippen LogP contribution in [0.5, 0.6) is 0 Å². The van der Waals surface area contributed by atoms with Crippen LogP contribution in [0.1, 0.15) is 52.4 Å². The Labute approximate surface area is 183 Å². The largest absolute Gasteiger partial charge is 0.365 e. The van der Waals surface area contributed by atoms with Crippen molar-refractivity contribution in [1.82, 2.24) is 19.6 Å². The number of allylic oxidation sites excluding steroid dienone is 1. The highest BCUT2D eigenvalue weighted by molar-refractivity contribution is 5.33. The van der Waals surface area contributed by atoms with Crippen LogP contribution in [-0.2, 0) is 0 Å². The van der Waals surface area contributed by atoms with E-state index in [0.29, 0.717) is 0 Å². The summed E-state index contributed by atoms with van der Waals surface area (Å²) in [5, 5.41) is 9.55. The molecule has 6 nitrogen and oxygen atoms in total. The molecule has 0 aromatic carbocycles. The summed E-state index contributed by atoms with van der Waals surface area (Å²) < 4.78 is 0. The Balaban J connectivity index is 1.50. The van der Waals surface area contributed by atoms with Crippen LogP contribution in [0, 0.1) is 29.7 Å². The van der Waals surface area contributed by atoms with Crippen LogP contribution in [0.15, 0.2) is 11.5 Å². The number of hydrogen-bond donors (Lipinski definition) is 0. The molecule has 0 spiro atoms. The van der Waals surface area contributed by atoms with E-state index >= 15 is 0 Å². The molecule has 3 fully saturated rings. The van der Waals surface area contributed by atoms with Crippen molar-refractivity contribution in [2.75, 3.05) is 65.4 Å². The van der Waals surface area contributed by atoms with Crippen molar-refractivity contribution in [3.8, 4) is 6.07 Å². The fraction of sp³-hybridized carbons (Fsp3) is 0.833. The molecule has 0 aliphatic carbocycles. The molecule has 3 rings (SSSR count). The van der Waals surface area contributed by atoms with Crippen molar-refractivity contribution in [1.29, 1.82) is 5.26 Å². The molecule has 3 heterocycles. The average Bonchev–Trinajstić information content (AvgIpc) is 3.12. The van der Waals surface area contributed by atoms with Gasteiger partial charge in [-0.1, -0.05) is 20.3 Å². The van der Waals surface area contributed by atoms with Gasteiger partial charge in [0.25, 0.3) is 0 Å². The fourth-order valence-electron chi connectivity index (χ4n) is 5.64. The first-order chi connectivity index (χ1) is 14.6. The SMILES string of the molecule is [C-]#[N+]/C(C#N)=C1\N(CCCN2CCCCC2)CCN1CCCN1CC(C)CC(C)C1. The minimum Gasteiger partial charge on any atom is -0.365 e. The molecule has 0 radical (unpaired) electrons. The van der Waals surface area contributed by atoms with Gasteiger partial charge in [-0.3, -0.25) is 0 Å². The normalized spacial score (nSPS) is 27.7. The van der Waals surface area contributed by atoms with E-state index in [1.54, 1.807) is 0 Å². The lowest BCUT2D eigenvalue weighted by Gasteiger charge is -2.35. The van der Waals surface area contributed by atoms with Crippen molar-refractivity contribution in [2.24, 2.45) is 11.8 Å². The molecule has 2 atom stereocenters. The summed E-state index contributed by atoms with van der Waals surface area (Å²) in [5.41, 5.74) is 0.269. The van der Waals surface area contributed by atoms with Gasteiger partial charge in [0.2, 0.25) is 0 Å². The third-order valence-corrected chi connectivity index (χ3v) is 6.87. The first-order valence-electron chi connectivity index (χ1n) is 12.1. The van der Waals surface area contributed by atoms with Crippen LogP contribution in [0.2, 0.25) is 0 Å². The Bertz CT molecular complexity index is 628. The number of nitriles is 1. The second-order valence-corrected chi connectivity index (χ2v) is 9.68. The van der Waals surface area contributed by atoms with E-state index in [0.717, 1.165) is 69.8 Å². The fourth-order valence-corrected chi connectivity index (χ4v) is 5.64. The zero-order valence-corrected chi connectivity index (χ0v) is 19.2. The van der Waals surface area contributed by atoms with Gasteiger partial charge in [0.05, 0.1) is 12.6 Å². The third kappa shape index (κ3) is 6.37. The van der Waals surface area contributed by atoms with Gasteiger partial charge < -0.3 is 19.6 Å². The van der Waals surface area contributed by atoms with Crippen LogP contribution in [0.25, 0.3) is 4.85 Å². The Morgan fingerprint density at radius 2 is 1.47 bits per heavy atom. The highest BCUT2D eigenvalue weighted by Crippen LogP contribution is 2.25. The molecule has 0 N–H and O–H groups in total. The van der Waals surface area contributed by atoms with Gasteiger partial charge in [-0.05, 0) is 70.1 Å². The van der Waals surface area contributed by atoms with Gasteiger partial charge in [0, 0.05) is 39.3 Å². The van der Waals surface area contributed by atoms with Crippen LogP contribution in [0.3, 0.4) is 0 Å². The molecule has 0 saturated carbocycles. The smallest absolute Gasteiger partial charge is 0.300 e. The van der Waals surface area contributed by atoms with Crippen LogP contribution in [-0.4, -0.2) is 85.0 Å². The number of piperidine rings is 2. The standard InChI is InChI=1S/C24H40N6/c1-21-17-22(2)20-28(19-21)12-8-14-30-16-15-29(24(30)23(18-25)26-3)13-7-11-27-9-5-4-6-10-27/h21-22H,4-17,19-20H2,1-2H3/b24-23+. The quantitative estimate of drug-likeness (QED) is 0.451. The molecule has 30 heavy (non-hydrogen) atoms. The van der Waals surface area contributed by atoms with Crippen LogP contribution in [0.4, 0.5) is 0 Å². The van der Waals surface area contributed by atoms with Crippen LogP contribution < -0.4 is 0 Å².